The predicted molar refractivity (Wildman–Crippen MR) is 55.2 cm³/mol. The molecule has 1 amide bonds. The molecule has 5 heteroatoms. The molecule has 15 heavy (non-hydrogen) atoms. The number of nitrogens with two attached hydrogens (primary N) is 1. The van der Waals surface area contributed by atoms with Crippen LogP contribution < -0.4 is 5.73 Å². The molecule has 0 saturated carbocycles. The van der Waals surface area contributed by atoms with E-state index in [1.807, 2.05) is 0 Å². The molecule has 3 N–H and O–H groups in total. The lowest BCUT2D eigenvalue weighted by Crippen LogP contribution is -2.49. The van der Waals surface area contributed by atoms with Crippen molar-refractivity contribution in [3.63, 3.8) is 0 Å². The molecule has 5 nitrogen and oxygen atoms in total. The van der Waals surface area contributed by atoms with Gasteiger partial charge in [-0.3, -0.25) is 9.59 Å². The third-order valence-electron chi connectivity index (χ3n) is 3.08. The summed E-state index contributed by atoms with van der Waals surface area (Å²) in [6, 6.07) is -0.501. The Bertz CT molecular complexity index is 268. The van der Waals surface area contributed by atoms with Gasteiger partial charge in [0.25, 0.3) is 0 Å². The molecule has 1 rings (SSSR count). The quantitative estimate of drug-likeness (QED) is 0.680. The second kappa shape index (κ2) is 4.18. The van der Waals surface area contributed by atoms with Crippen LogP contribution in [0.1, 0.15) is 26.7 Å². The fraction of sp³-hybridized carbons (Fsp3) is 0.800. The van der Waals surface area contributed by atoms with E-state index in [9.17, 15) is 9.59 Å². The minimum absolute atomic E-state index is 0.0950. The summed E-state index contributed by atoms with van der Waals surface area (Å²) in [5.41, 5.74) is 4.80. The summed E-state index contributed by atoms with van der Waals surface area (Å²) in [6.45, 7) is 4.35. The molecular formula is C10H18N2O3. The van der Waals surface area contributed by atoms with E-state index in [0.717, 1.165) is 0 Å². The van der Waals surface area contributed by atoms with Crippen molar-refractivity contribution < 1.29 is 14.7 Å². The van der Waals surface area contributed by atoms with E-state index < -0.39 is 17.4 Å². The van der Waals surface area contributed by atoms with Gasteiger partial charge < -0.3 is 15.7 Å². The SMILES string of the molecule is C[C@@H](N)C(=O)N1CCC(C)(C(=O)O)CC1. The summed E-state index contributed by atoms with van der Waals surface area (Å²) in [5, 5.41) is 9.00. The minimum atomic E-state index is -0.782. The van der Waals surface area contributed by atoms with Crippen molar-refractivity contribution in [2.75, 3.05) is 13.1 Å². The van der Waals surface area contributed by atoms with Gasteiger partial charge in [0.1, 0.15) is 0 Å². The van der Waals surface area contributed by atoms with E-state index in [1.54, 1.807) is 18.7 Å². The van der Waals surface area contributed by atoms with Gasteiger partial charge >= 0.3 is 5.97 Å². The van der Waals surface area contributed by atoms with E-state index >= 15 is 0 Å². The summed E-state index contributed by atoms with van der Waals surface area (Å²) in [4.78, 5) is 24.1. The van der Waals surface area contributed by atoms with Crippen LogP contribution in [0.2, 0.25) is 0 Å². The third-order valence-corrected chi connectivity index (χ3v) is 3.08. The third kappa shape index (κ3) is 2.47. The Kier molecular flexibility index (Phi) is 3.34. The average Bonchev–Trinajstić information content (AvgIpc) is 2.17. The van der Waals surface area contributed by atoms with E-state index in [0.29, 0.717) is 25.9 Å². The molecule has 0 aromatic carbocycles. The molecule has 0 unspecified atom stereocenters. The van der Waals surface area contributed by atoms with Crippen LogP contribution >= 0.6 is 0 Å². The maximum atomic E-state index is 11.5. The summed E-state index contributed by atoms with van der Waals surface area (Å²) < 4.78 is 0. The average molecular weight is 214 g/mol. The maximum absolute atomic E-state index is 11.5. The highest BCUT2D eigenvalue weighted by atomic mass is 16.4. The number of hydrogen-bond acceptors (Lipinski definition) is 3. The van der Waals surface area contributed by atoms with Crippen molar-refractivity contribution in [1.82, 2.24) is 4.90 Å². The van der Waals surface area contributed by atoms with Gasteiger partial charge in [-0.2, -0.15) is 0 Å². The smallest absolute Gasteiger partial charge is 0.309 e. The highest BCUT2D eigenvalue weighted by molar-refractivity contribution is 5.82. The van der Waals surface area contributed by atoms with Crippen molar-refractivity contribution in [2.24, 2.45) is 11.1 Å². The Labute approximate surface area is 89.2 Å². The van der Waals surface area contributed by atoms with E-state index in [-0.39, 0.29) is 5.91 Å². The van der Waals surface area contributed by atoms with Gasteiger partial charge in [0, 0.05) is 13.1 Å². The summed E-state index contributed by atoms with van der Waals surface area (Å²) in [5.74, 6) is -0.877. The minimum Gasteiger partial charge on any atom is -0.481 e. The molecule has 1 aliphatic rings. The van der Waals surface area contributed by atoms with E-state index in [1.165, 1.54) is 0 Å². The topological polar surface area (TPSA) is 83.6 Å². The van der Waals surface area contributed by atoms with Crippen molar-refractivity contribution in [3.8, 4) is 0 Å². The van der Waals surface area contributed by atoms with E-state index in [4.69, 9.17) is 10.8 Å². The van der Waals surface area contributed by atoms with Crippen LogP contribution in [-0.4, -0.2) is 41.0 Å². The second-order valence-corrected chi connectivity index (χ2v) is 4.48. The number of rotatable bonds is 2. The molecule has 0 aromatic rings. The van der Waals surface area contributed by atoms with Crippen molar-refractivity contribution in [3.05, 3.63) is 0 Å². The standard InChI is InChI=1S/C10H18N2O3/c1-7(11)8(13)12-5-3-10(2,4-6-12)9(14)15/h7H,3-6,11H2,1-2H3,(H,14,15)/t7-/m1/s1. The van der Waals surface area contributed by atoms with Crippen molar-refractivity contribution >= 4 is 11.9 Å². The number of aliphatic carboxylic acids is 1. The number of carbonyl (C=O) groups excluding carboxylic acids is 1. The number of nitrogens with zero attached hydrogens (tertiary/aromatic N) is 1. The molecular weight excluding hydrogens is 196 g/mol. The summed E-state index contributed by atoms with van der Waals surface area (Å²) >= 11 is 0. The number of carboxylic acid groups (broad SMARTS) is 1. The number of carboxylic acids is 1. The van der Waals surface area contributed by atoms with Crippen LogP contribution in [0.15, 0.2) is 0 Å². The lowest BCUT2D eigenvalue weighted by Gasteiger charge is -2.37. The zero-order valence-corrected chi connectivity index (χ0v) is 9.19. The Hall–Kier alpha value is -1.10. The van der Waals surface area contributed by atoms with Gasteiger partial charge in [0.15, 0.2) is 0 Å². The molecule has 0 radical (unpaired) electrons. The molecule has 1 heterocycles. The summed E-state index contributed by atoms with van der Waals surface area (Å²) in [7, 11) is 0. The summed E-state index contributed by atoms with van der Waals surface area (Å²) in [6.07, 6.45) is 1.00. The highest BCUT2D eigenvalue weighted by Crippen LogP contribution is 2.31. The molecule has 0 spiro atoms. The van der Waals surface area contributed by atoms with Crippen LogP contribution in [0.25, 0.3) is 0 Å². The fourth-order valence-electron chi connectivity index (χ4n) is 1.72. The monoisotopic (exact) mass is 214 g/mol. The molecule has 1 atom stereocenters. The number of carbonyl (C=O) groups is 2. The van der Waals surface area contributed by atoms with Gasteiger partial charge in [-0.1, -0.05) is 0 Å². The number of likely N-dealkylation sites (tertiary alicyclic amines) is 1. The number of amides is 1. The highest BCUT2D eigenvalue weighted by Gasteiger charge is 2.38. The maximum Gasteiger partial charge on any atom is 0.309 e. The van der Waals surface area contributed by atoms with Crippen molar-refractivity contribution in [2.45, 2.75) is 32.7 Å². The van der Waals surface area contributed by atoms with Crippen LogP contribution in [0.5, 0.6) is 0 Å². The van der Waals surface area contributed by atoms with Crippen LogP contribution in [0.3, 0.4) is 0 Å². The van der Waals surface area contributed by atoms with Gasteiger partial charge in [-0.25, -0.2) is 0 Å². The van der Waals surface area contributed by atoms with Crippen LogP contribution in [-0.2, 0) is 9.59 Å². The normalized spacial score (nSPS) is 22.2. The molecule has 86 valence electrons. The van der Waals surface area contributed by atoms with Crippen LogP contribution in [0, 0.1) is 5.41 Å². The predicted octanol–water partition coefficient (Wildman–Crippen LogP) is 0.0469. The van der Waals surface area contributed by atoms with Crippen LogP contribution in [0.4, 0.5) is 0 Å². The van der Waals surface area contributed by atoms with E-state index in [2.05, 4.69) is 0 Å². The van der Waals surface area contributed by atoms with Gasteiger partial charge in [-0.15, -0.1) is 0 Å². The molecule has 1 saturated heterocycles. The molecule has 0 aromatic heterocycles. The lowest BCUT2D eigenvalue weighted by atomic mass is 9.80. The largest absolute Gasteiger partial charge is 0.481 e. The van der Waals surface area contributed by atoms with Gasteiger partial charge in [-0.05, 0) is 26.7 Å². The zero-order valence-electron chi connectivity index (χ0n) is 9.19. The van der Waals surface area contributed by atoms with Gasteiger partial charge in [0.05, 0.1) is 11.5 Å². The first-order valence-electron chi connectivity index (χ1n) is 5.14. The fourth-order valence-corrected chi connectivity index (χ4v) is 1.72. The lowest BCUT2D eigenvalue weighted by molar-refractivity contribution is -0.153. The number of hydrogen-bond donors (Lipinski definition) is 2. The molecule has 1 aliphatic heterocycles. The number of piperidine rings is 1. The first-order chi connectivity index (χ1) is 6.87. The first-order valence-corrected chi connectivity index (χ1v) is 5.14. The molecule has 0 aliphatic carbocycles. The molecule has 0 bridgehead atoms. The second-order valence-electron chi connectivity index (χ2n) is 4.48. The van der Waals surface area contributed by atoms with Crippen molar-refractivity contribution in [1.29, 1.82) is 0 Å². The Morgan fingerprint density at radius 2 is 1.87 bits per heavy atom. The Morgan fingerprint density at radius 3 is 2.20 bits per heavy atom. The van der Waals surface area contributed by atoms with Gasteiger partial charge in [0.2, 0.25) is 5.91 Å². The molecule has 1 fully saturated rings. The zero-order chi connectivity index (χ0) is 11.6. The first kappa shape index (κ1) is 12.0. The Balaban J connectivity index is 2.56. The Morgan fingerprint density at radius 1 is 1.40 bits per heavy atom.